The Morgan fingerprint density at radius 1 is 1.15 bits per heavy atom. The smallest absolute Gasteiger partial charge is 0.120 e. The van der Waals surface area contributed by atoms with Crippen LogP contribution in [0.25, 0.3) is 0 Å². The lowest BCUT2D eigenvalue weighted by atomic mass is 9.88. The summed E-state index contributed by atoms with van der Waals surface area (Å²) in [5, 5.41) is 0.744. The molecule has 0 bridgehead atoms. The van der Waals surface area contributed by atoms with Gasteiger partial charge in [-0.3, -0.25) is 0 Å². The first kappa shape index (κ1) is 13.5. The minimum Gasteiger partial charge on any atom is -0.489 e. The van der Waals surface area contributed by atoms with E-state index < -0.39 is 0 Å². The van der Waals surface area contributed by atoms with Gasteiger partial charge in [-0.15, -0.1) is 0 Å². The Morgan fingerprint density at radius 2 is 1.95 bits per heavy atom. The van der Waals surface area contributed by atoms with Crippen LogP contribution in [0.15, 0.2) is 42.5 Å². The average molecular weight is 288 g/mol. The van der Waals surface area contributed by atoms with E-state index in [9.17, 15) is 0 Å². The molecule has 0 fully saturated rings. The van der Waals surface area contributed by atoms with Gasteiger partial charge >= 0.3 is 0 Å². The third-order valence-corrected chi connectivity index (χ3v) is 4.05. The van der Waals surface area contributed by atoms with Crippen LogP contribution in [0, 0.1) is 0 Å². The molecule has 0 aliphatic heterocycles. The number of rotatable bonds is 3. The standard InChI is InChI=1S/C17H18ClNO/c18-14-7-4-12(5-8-14)11-20-15-9-6-13-2-1-3-17(19)16(13)10-15/h4-10,17H,1-3,11,19H2/t17-/m0/s1. The van der Waals surface area contributed by atoms with Crippen LogP contribution in [0.3, 0.4) is 0 Å². The summed E-state index contributed by atoms with van der Waals surface area (Å²) >= 11 is 5.87. The summed E-state index contributed by atoms with van der Waals surface area (Å²) in [5.41, 5.74) is 9.88. The van der Waals surface area contributed by atoms with Crippen molar-refractivity contribution in [1.82, 2.24) is 0 Å². The fraction of sp³-hybridized carbons (Fsp3) is 0.294. The zero-order valence-corrected chi connectivity index (χ0v) is 12.1. The van der Waals surface area contributed by atoms with Gasteiger partial charge in [-0.05, 0) is 60.2 Å². The molecular formula is C17H18ClNO. The Kier molecular flexibility index (Phi) is 3.95. The van der Waals surface area contributed by atoms with Crippen LogP contribution in [-0.2, 0) is 13.0 Å². The van der Waals surface area contributed by atoms with E-state index in [1.165, 1.54) is 17.5 Å². The van der Waals surface area contributed by atoms with E-state index in [1.807, 2.05) is 30.3 Å². The third kappa shape index (κ3) is 2.97. The van der Waals surface area contributed by atoms with E-state index in [2.05, 4.69) is 12.1 Å². The van der Waals surface area contributed by atoms with Crippen LogP contribution in [0.4, 0.5) is 0 Å². The maximum absolute atomic E-state index is 6.17. The molecule has 0 spiro atoms. The Labute approximate surface area is 124 Å². The van der Waals surface area contributed by atoms with E-state index >= 15 is 0 Å². The van der Waals surface area contributed by atoms with Gasteiger partial charge in [0.1, 0.15) is 12.4 Å². The van der Waals surface area contributed by atoms with Crippen LogP contribution >= 0.6 is 11.6 Å². The van der Waals surface area contributed by atoms with Crippen molar-refractivity contribution in [3.05, 3.63) is 64.2 Å². The normalized spacial score (nSPS) is 17.6. The minimum absolute atomic E-state index is 0.151. The third-order valence-electron chi connectivity index (χ3n) is 3.80. The largest absolute Gasteiger partial charge is 0.489 e. The summed E-state index contributed by atoms with van der Waals surface area (Å²) < 4.78 is 5.85. The fourth-order valence-electron chi connectivity index (χ4n) is 2.65. The van der Waals surface area contributed by atoms with Gasteiger partial charge in [0.15, 0.2) is 0 Å². The van der Waals surface area contributed by atoms with Crippen molar-refractivity contribution < 1.29 is 4.74 Å². The second-order valence-electron chi connectivity index (χ2n) is 5.27. The lowest BCUT2D eigenvalue weighted by molar-refractivity contribution is 0.305. The molecule has 0 saturated heterocycles. The second-order valence-corrected chi connectivity index (χ2v) is 5.71. The highest BCUT2D eigenvalue weighted by Gasteiger charge is 2.17. The second kappa shape index (κ2) is 5.86. The first-order valence-corrected chi connectivity index (χ1v) is 7.36. The molecular weight excluding hydrogens is 270 g/mol. The monoisotopic (exact) mass is 287 g/mol. The maximum Gasteiger partial charge on any atom is 0.120 e. The van der Waals surface area contributed by atoms with E-state index in [-0.39, 0.29) is 6.04 Å². The topological polar surface area (TPSA) is 35.2 Å². The summed E-state index contributed by atoms with van der Waals surface area (Å²) in [5.74, 6) is 0.885. The van der Waals surface area contributed by atoms with Gasteiger partial charge in [0.2, 0.25) is 0 Å². The van der Waals surface area contributed by atoms with Gasteiger partial charge in [0, 0.05) is 11.1 Å². The summed E-state index contributed by atoms with van der Waals surface area (Å²) in [6, 6.07) is 14.1. The molecule has 104 valence electrons. The SMILES string of the molecule is N[C@H]1CCCc2ccc(OCc3ccc(Cl)cc3)cc21. The van der Waals surface area contributed by atoms with Crippen molar-refractivity contribution in [2.45, 2.75) is 31.9 Å². The number of aryl methyl sites for hydroxylation is 1. The molecule has 0 aromatic heterocycles. The fourth-order valence-corrected chi connectivity index (χ4v) is 2.78. The quantitative estimate of drug-likeness (QED) is 0.916. The zero-order chi connectivity index (χ0) is 13.9. The highest BCUT2D eigenvalue weighted by Crippen LogP contribution is 2.31. The molecule has 1 aliphatic rings. The Morgan fingerprint density at radius 3 is 2.75 bits per heavy atom. The summed E-state index contributed by atoms with van der Waals surface area (Å²) in [6.45, 7) is 0.547. The molecule has 2 N–H and O–H groups in total. The molecule has 2 nitrogen and oxygen atoms in total. The molecule has 2 aromatic rings. The molecule has 0 amide bonds. The first-order valence-electron chi connectivity index (χ1n) is 6.98. The Bertz CT molecular complexity index is 594. The highest BCUT2D eigenvalue weighted by molar-refractivity contribution is 6.30. The van der Waals surface area contributed by atoms with E-state index in [1.54, 1.807) is 0 Å². The summed E-state index contributed by atoms with van der Waals surface area (Å²) in [6.07, 6.45) is 3.37. The Balaban J connectivity index is 1.72. The van der Waals surface area contributed by atoms with Crippen molar-refractivity contribution in [3.63, 3.8) is 0 Å². The van der Waals surface area contributed by atoms with Crippen LogP contribution < -0.4 is 10.5 Å². The molecule has 0 unspecified atom stereocenters. The van der Waals surface area contributed by atoms with Crippen LogP contribution in [0.1, 0.15) is 35.6 Å². The van der Waals surface area contributed by atoms with Gasteiger partial charge in [0.25, 0.3) is 0 Å². The van der Waals surface area contributed by atoms with Crippen LogP contribution in [0.5, 0.6) is 5.75 Å². The van der Waals surface area contributed by atoms with Crippen LogP contribution in [0.2, 0.25) is 5.02 Å². The van der Waals surface area contributed by atoms with Crippen molar-refractivity contribution in [1.29, 1.82) is 0 Å². The average Bonchev–Trinajstić information content (AvgIpc) is 2.47. The number of ether oxygens (including phenoxy) is 1. The molecule has 0 heterocycles. The minimum atomic E-state index is 0.151. The van der Waals surface area contributed by atoms with Crippen molar-refractivity contribution in [2.75, 3.05) is 0 Å². The molecule has 2 aromatic carbocycles. The number of hydrogen-bond donors (Lipinski definition) is 1. The lowest BCUT2D eigenvalue weighted by Gasteiger charge is -2.22. The Hall–Kier alpha value is -1.51. The lowest BCUT2D eigenvalue weighted by Crippen LogP contribution is -2.17. The first-order chi connectivity index (χ1) is 9.72. The van der Waals surface area contributed by atoms with E-state index in [0.29, 0.717) is 6.61 Å². The summed E-state index contributed by atoms with van der Waals surface area (Å²) in [4.78, 5) is 0. The maximum atomic E-state index is 6.17. The predicted molar refractivity (Wildman–Crippen MR) is 82.1 cm³/mol. The van der Waals surface area contributed by atoms with Gasteiger partial charge in [-0.2, -0.15) is 0 Å². The molecule has 0 radical (unpaired) electrons. The van der Waals surface area contributed by atoms with Gasteiger partial charge in [-0.1, -0.05) is 29.8 Å². The molecule has 3 rings (SSSR count). The van der Waals surface area contributed by atoms with Crippen molar-refractivity contribution >= 4 is 11.6 Å². The van der Waals surface area contributed by atoms with Gasteiger partial charge < -0.3 is 10.5 Å². The van der Waals surface area contributed by atoms with Crippen molar-refractivity contribution in [2.24, 2.45) is 5.73 Å². The number of halogens is 1. The number of nitrogens with two attached hydrogens (primary N) is 1. The molecule has 3 heteroatoms. The van der Waals surface area contributed by atoms with Crippen molar-refractivity contribution in [3.8, 4) is 5.75 Å². The number of benzene rings is 2. The highest BCUT2D eigenvalue weighted by atomic mass is 35.5. The molecule has 20 heavy (non-hydrogen) atoms. The number of fused-ring (bicyclic) bond motifs is 1. The van der Waals surface area contributed by atoms with Gasteiger partial charge in [-0.25, -0.2) is 0 Å². The predicted octanol–water partition coefficient (Wildman–Crippen LogP) is 4.26. The number of hydrogen-bond acceptors (Lipinski definition) is 2. The molecule has 1 aliphatic carbocycles. The van der Waals surface area contributed by atoms with E-state index in [4.69, 9.17) is 22.1 Å². The molecule has 1 atom stereocenters. The van der Waals surface area contributed by atoms with Crippen LogP contribution in [-0.4, -0.2) is 0 Å². The summed E-state index contributed by atoms with van der Waals surface area (Å²) in [7, 11) is 0. The zero-order valence-electron chi connectivity index (χ0n) is 11.3. The van der Waals surface area contributed by atoms with Gasteiger partial charge in [0.05, 0.1) is 0 Å². The van der Waals surface area contributed by atoms with E-state index in [0.717, 1.165) is 29.2 Å². The molecule has 0 saturated carbocycles.